The standard InChI is InChI=1S/C26H34N2O7/c1-4-26(24(29)30)15-21(13-14-33-26)34-20-11-9-18(10-12-20)23-22(17(2)27-35-23)16-32-25(31)28(3)19-7-5-6-8-19/h9-12,19,21H,4-8,13-16H2,1-3H3,(H,29,30). The maximum Gasteiger partial charge on any atom is 0.410 e. The summed E-state index contributed by atoms with van der Waals surface area (Å²) in [5.41, 5.74) is 0.987. The Bertz CT molecular complexity index is 1030. The third-order valence-corrected chi connectivity index (χ3v) is 7.24. The lowest BCUT2D eigenvalue weighted by Crippen LogP contribution is -2.49. The van der Waals surface area contributed by atoms with Crippen LogP contribution in [0, 0.1) is 6.92 Å². The van der Waals surface area contributed by atoms with Gasteiger partial charge in [0.1, 0.15) is 18.5 Å². The highest BCUT2D eigenvalue weighted by atomic mass is 16.6. The van der Waals surface area contributed by atoms with Crippen molar-refractivity contribution in [2.24, 2.45) is 0 Å². The zero-order valence-electron chi connectivity index (χ0n) is 20.6. The highest BCUT2D eigenvalue weighted by Gasteiger charge is 2.43. The van der Waals surface area contributed by atoms with Crippen molar-refractivity contribution in [3.05, 3.63) is 35.5 Å². The van der Waals surface area contributed by atoms with Gasteiger partial charge in [0.15, 0.2) is 11.4 Å². The van der Waals surface area contributed by atoms with Gasteiger partial charge in [0.25, 0.3) is 0 Å². The molecule has 35 heavy (non-hydrogen) atoms. The van der Waals surface area contributed by atoms with Crippen molar-refractivity contribution in [1.29, 1.82) is 0 Å². The predicted octanol–water partition coefficient (Wildman–Crippen LogP) is 4.95. The van der Waals surface area contributed by atoms with E-state index >= 15 is 0 Å². The average molecular weight is 487 g/mol. The van der Waals surface area contributed by atoms with Crippen LogP contribution >= 0.6 is 0 Å². The van der Waals surface area contributed by atoms with Crippen LogP contribution in [-0.4, -0.2) is 58.6 Å². The van der Waals surface area contributed by atoms with Gasteiger partial charge in [-0.05, 0) is 50.5 Å². The molecule has 190 valence electrons. The molecule has 0 spiro atoms. The van der Waals surface area contributed by atoms with Gasteiger partial charge in [-0.25, -0.2) is 9.59 Å². The summed E-state index contributed by atoms with van der Waals surface area (Å²) in [6.45, 7) is 4.06. The Balaban J connectivity index is 1.40. The molecule has 4 rings (SSSR count). The number of carboxylic acid groups (broad SMARTS) is 1. The minimum Gasteiger partial charge on any atom is -0.490 e. The number of carbonyl (C=O) groups excluding carboxylic acids is 1. The number of benzene rings is 1. The average Bonchev–Trinajstić information content (AvgIpc) is 3.53. The molecule has 1 aromatic heterocycles. The first-order chi connectivity index (χ1) is 16.8. The summed E-state index contributed by atoms with van der Waals surface area (Å²) in [5.74, 6) is 0.234. The zero-order valence-corrected chi connectivity index (χ0v) is 20.6. The Labute approximate surface area is 205 Å². The van der Waals surface area contributed by atoms with Gasteiger partial charge in [-0.3, -0.25) is 0 Å². The second kappa shape index (κ2) is 10.7. The number of ether oxygens (including phenoxy) is 3. The van der Waals surface area contributed by atoms with Crippen molar-refractivity contribution in [3.8, 4) is 17.1 Å². The van der Waals surface area contributed by atoms with Crippen LogP contribution in [0.3, 0.4) is 0 Å². The Morgan fingerprint density at radius 3 is 2.57 bits per heavy atom. The molecular weight excluding hydrogens is 452 g/mol. The molecule has 0 radical (unpaired) electrons. The summed E-state index contributed by atoms with van der Waals surface area (Å²) in [6.07, 6.45) is 5.04. The number of amides is 1. The van der Waals surface area contributed by atoms with E-state index in [2.05, 4.69) is 5.16 Å². The van der Waals surface area contributed by atoms with Crippen LogP contribution in [0.4, 0.5) is 4.79 Å². The summed E-state index contributed by atoms with van der Waals surface area (Å²) < 4.78 is 22.8. The lowest BCUT2D eigenvalue weighted by Gasteiger charge is -2.37. The number of carbonyl (C=O) groups is 2. The number of aliphatic carboxylic acids is 1. The van der Waals surface area contributed by atoms with Crippen LogP contribution in [0.5, 0.6) is 5.75 Å². The molecule has 1 N–H and O–H groups in total. The first kappa shape index (κ1) is 25.0. The molecule has 1 amide bonds. The first-order valence-corrected chi connectivity index (χ1v) is 12.3. The van der Waals surface area contributed by atoms with Crippen LogP contribution in [0.15, 0.2) is 28.8 Å². The highest BCUT2D eigenvalue weighted by Crippen LogP contribution is 2.33. The fourth-order valence-electron chi connectivity index (χ4n) is 4.90. The minimum absolute atomic E-state index is 0.0785. The molecule has 2 atom stereocenters. The third kappa shape index (κ3) is 5.45. The molecule has 0 bridgehead atoms. The SMILES string of the molecule is CCC1(C(=O)O)CC(Oc2ccc(-c3onc(C)c3COC(=O)N(C)C3CCCC3)cc2)CCO1. The Hall–Kier alpha value is -3.07. The highest BCUT2D eigenvalue weighted by molar-refractivity contribution is 5.77. The zero-order chi connectivity index (χ0) is 25.0. The van der Waals surface area contributed by atoms with Crippen LogP contribution < -0.4 is 4.74 Å². The number of carboxylic acids is 1. The molecule has 2 unspecified atom stereocenters. The second-order valence-electron chi connectivity index (χ2n) is 9.44. The molecule has 9 nitrogen and oxygen atoms in total. The van der Waals surface area contributed by atoms with Crippen molar-refractivity contribution >= 4 is 12.1 Å². The maximum absolute atomic E-state index is 12.5. The molecular formula is C26H34N2O7. The first-order valence-electron chi connectivity index (χ1n) is 12.3. The Kier molecular flexibility index (Phi) is 7.64. The van der Waals surface area contributed by atoms with E-state index in [9.17, 15) is 14.7 Å². The summed E-state index contributed by atoms with van der Waals surface area (Å²) in [7, 11) is 1.79. The summed E-state index contributed by atoms with van der Waals surface area (Å²) in [6, 6.07) is 7.59. The number of nitrogens with zero attached hydrogens (tertiary/aromatic N) is 2. The molecule has 2 aromatic rings. The maximum atomic E-state index is 12.5. The molecule has 2 fully saturated rings. The fraction of sp³-hybridized carbons (Fsp3) is 0.577. The van der Waals surface area contributed by atoms with Gasteiger partial charge >= 0.3 is 12.1 Å². The molecule has 1 aliphatic heterocycles. The number of rotatable bonds is 8. The van der Waals surface area contributed by atoms with E-state index in [0.717, 1.165) is 36.8 Å². The number of hydrogen-bond donors (Lipinski definition) is 1. The second-order valence-corrected chi connectivity index (χ2v) is 9.44. The smallest absolute Gasteiger partial charge is 0.410 e. The third-order valence-electron chi connectivity index (χ3n) is 7.24. The molecule has 2 aliphatic rings. The molecule has 1 aliphatic carbocycles. The Morgan fingerprint density at radius 2 is 1.91 bits per heavy atom. The van der Waals surface area contributed by atoms with Crippen molar-refractivity contribution in [1.82, 2.24) is 10.1 Å². The number of aryl methyl sites for hydroxylation is 1. The molecule has 9 heteroatoms. The van der Waals surface area contributed by atoms with E-state index in [-0.39, 0.29) is 24.8 Å². The summed E-state index contributed by atoms with van der Waals surface area (Å²) in [5, 5.41) is 13.7. The van der Waals surface area contributed by atoms with Gasteiger partial charge < -0.3 is 28.7 Å². The quantitative estimate of drug-likeness (QED) is 0.558. The normalized spacial score (nSPS) is 22.7. The van der Waals surface area contributed by atoms with Gasteiger partial charge in [0, 0.05) is 31.5 Å². The van der Waals surface area contributed by atoms with Crippen LogP contribution in [0.2, 0.25) is 0 Å². The van der Waals surface area contributed by atoms with Crippen LogP contribution in [0.25, 0.3) is 11.3 Å². The molecule has 1 aromatic carbocycles. The molecule has 1 saturated heterocycles. The van der Waals surface area contributed by atoms with E-state index in [4.69, 9.17) is 18.7 Å². The molecule has 2 heterocycles. The number of hydrogen-bond acceptors (Lipinski definition) is 7. The van der Waals surface area contributed by atoms with E-state index < -0.39 is 11.6 Å². The minimum atomic E-state index is -1.20. The van der Waals surface area contributed by atoms with Gasteiger partial charge in [0.2, 0.25) is 0 Å². The van der Waals surface area contributed by atoms with Gasteiger partial charge in [0.05, 0.1) is 17.9 Å². The van der Waals surface area contributed by atoms with Crippen LogP contribution in [-0.2, 0) is 20.9 Å². The fourth-order valence-corrected chi connectivity index (χ4v) is 4.90. The van der Waals surface area contributed by atoms with Crippen molar-refractivity contribution < 1.29 is 33.4 Å². The molecule has 1 saturated carbocycles. The Morgan fingerprint density at radius 1 is 1.20 bits per heavy atom. The topological polar surface area (TPSA) is 111 Å². The van der Waals surface area contributed by atoms with E-state index in [1.807, 2.05) is 38.1 Å². The van der Waals surface area contributed by atoms with Crippen LogP contribution in [0.1, 0.15) is 63.1 Å². The van der Waals surface area contributed by atoms with Gasteiger partial charge in [-0.2, -0.15) is 0 Å². The van der Waals surface area contributed by atoms with Crippen molar-refractivity contribution in [2.45, 2.75) is 83.1 Å². The van der Waals surface area contributed by atoms with Gasteiger partial charge in [-0.15, -0.1) is 0 Å². The predicted molar refractivity (Wildman–Crippen MR) is 127 cm³/mol. The van der Waals surface area contributed by atoms with Gasteiger partial charge in [-0.1, -0.05) is 24.9 Å². The van der Waals surface area contributed by atoms with Crippen molar-refractivity contribution in [3.63, 3.8) is 0 Å². The summed E-state index contributed by atoms with van der Waals surface area (Å²) in [4.78, 5) is 25.9. The van der Waals surface area contributed by atoms with E-state index in [0.29, 0.717) is 43.1 Å². The van der Waals surface area contributed by atoms with Crippen molar-refractivity contribution in [2.75, 3.05) is 13.7 Å². The lowest BCUT2D eigenvalue weighted by molar-refractivity contribution is -0.179. The largest absolute Gasteiger partial charge is 0.490 e. The monoisotopic (exact) mass is 486 g/mol. The summed E-state index contributed by atoms with van der Waals surface area (Å²) >= 11 is 0. The number of aromatic nitrogens is 1. The lowest BCUT2D eigenvalue weighted by atomic mass is 9.89. The van der Waals surface area contributed by atoms with E-state index in [1.54, 1.807) is 11.9 Å². The van der Waals surface area contributed by atoms with E-state index in [1.165, 1.54) is 0 Å².